The Balaban J connectivity index is 1.30. The van der Waals surface area contributed by atoms with Crippen LogP contribution in [0.25, 0.3) is 11.1 Å². The second-order valence-corrected chi connectivity index (χ2v) is 14.3. The van der Waals surface area contributed by atoms with E-state index in [2.05, 4.69) is 128 Å². The fraction of sp³-hybridized carbons (Fsp3) is 0.178. The summed E-state index contributed by atoms with van der Waals surface area (Å²) in [5.74, 6) is 1.07. The minimum Gasteiger partial charge on any atom is -0.488 e. The van der Waals surface area contributed by atoms with Gasteiger partial charge in [-0.3, -0.25) is 4.79 Å². The smallest absolute Gasteiger partial charge is 0.316 e. The Morgan fingerprint density at radius 3 is 1.24 bits per heavy atom. The maximum Gasteiger partial charge on any atom is 0.316 e. The minimum atomic E-state index is -0.602. The fourth-order valence-corrected chi connectivity index (χ4v) is 5.64. The van der Waals surface area contributed by atoms with Gasteiger partial charge in [-0.1, -0.05) is 72.8 Å². The molecule has 6 aromatic rings. The van der Waals surface area contributed by atoms with Gasteiger partial charge in [-0.05, 0) is 125 Å². The number of para-hydroxylation sites is 2. The number of nitrogens with zero attached hydrogens (tertiary/aromatic N) is 2. The van der Waals surface area contributed by atoms with Crippen LogP contribution in [0.15, 0.2) is 158 Å². The zero-order chi connectivity index (χ0) is 35.3. The van der Waals surface area contributed by atoms with Gasteiger partial charge in [0.15, 0.2) is 0 Å². The number of carbonyl (C=O) groups excluding carboxylic acids is 1. The predicted molar refractivity (Wildman–Crippen MR) is 207 cm³/mol. The molecule has 5 heteroatoms. The SMILES string of the molecule is CC(C)(C)Oc1cccc(N(c2ccccc2)c2ccc(-c3ccc(N(c4ccccc4)c4cccc(OC(=O)C(C)(C)C)c4)cc3)cc2)c1. The Kier molecular flexibility index (Phi) is 9.78. The third-order valence-corrected chi connectivity index (χ3v) is 8.01. The monoisotopic (exact) mass is 660 g/mol. The fourth-order valence-electron chi connectivity index (χ4n) is 5.64. The number of anilines is 6. The van der Waals surface area contributed by atoms with E-state index in [0.29, 0.717) is 5.75 Å². The first-order valence-corrected chi connectivity index (χ1v) is 17.0. The molecule has 0 saturated heterocycles. The Bertz CT molecular complexity index is 2030. The van der Waals surface area contributed by atoms with Crippen LogP contribution in [0.4, 0.5) is 34.1 Å². The Morgan fingerprint density at radius 2 is 0.820 bits per heavy atom. The van der Waals surface area contributed by atoms with E-state index in [4.69, 9.17) is 9.47 Å². The maximum absolute atomic E-state index is 12.6. The number of rotatable bonds is 9. The van der Waals surface area contributed by atoms with Crippen LogP contribution in [-0.4, -0.2) is 11.6 Å². The van der Waals surface area contributed by atoms with Crippen LogP contribution >= 0.6 is 0 Å². The molecular formula is C45H44N2O3. The van der Waals surface area contributed by atoms with Crippen molar-refractivity contribution in [2.24, 2.45) is 5.41 Å². The number of carbonyl (C=O) groups is 1. The van der Waals surface area contributed by atoms with Gasteiger partial charge in [0.25, 0.3) is 0 Å². The van der Waals surface area contributed by atoms with Gasteiger partial charge in [0.2, 0.25) is 0 Å². The lowest BCUT2D eigenvalue weighted by Crippen LogP contribution is -2.25. The van der Waals surface area contributed by atoms with Gasteiger partial charge in [0, 0.05) is 46.3 Å². The molecule has 0 bridgehead atoms. The third-order valence-electron chi connectivity index (χ3n) is 8.01. The van der Waals surface area contributed by atoms with Gasteiger partial charge in [-0.25, -0.2) is 0 Å². The topological polar surface area (TPSA) is 42.0 Å². The van der Waals surface area contributed by atoms with Crippen LogP contribution in [0.2, 0.25) is 0 Å². The van der Waals surface area contributed by atoms with Gasteiger partial charge in [0.1, 0.15) is 17.1 Å². The summed E-state index contributed by atoms with van der Waals surface area (Å²) in [5.41, 5.74) is 7.34. The number of hydrogen-bond donors (Lipinski definition) is 0. The number of esters is 1. The lowest BCUT2D eigenvalue weighted by atomic mass is 9.97. The predicted octanol–water partition coefficient (Wildman–Crippen LogP) is 12.4. The highest BCUT2D eigenvalue weighted by atomic mass is 16.5. The summed E-state index contributed by atoms with van der Waals surface area (Å²) in [6.07, 6.45) is 0. The molecule has 0 aromatic heterocycles. The van der Waals surface area contributed by atoms with Crippen LogP contribution in [-0.2, 0) is 4.79 Å². The van der Waals surface area contributed by atoms with E-state index in [-0.39, 0.29) is 11.6 Å². The van der Waals surface area contributed by atoms with Crippen molar-refractivity contribution >= 4 is 40.1 Å². The van der Waals surface area contributed by atoms with E-state index in [1.807, 2.05) is 81.4 Å². The summed E-state index contributed by atoms with van der Waals surface area (Å²) >= 11 is 0. The quantitative estimate of drug-likeness (QED) is 0.114. The van der Waals surface area contributed by atoms with Crippen molar-refractivity contribution in [1.29, 1.82) is 0 Å². The largest absolute Gasteiger partial charge is 0.488 e. The molecule has 0 aliphatic carbocycles. The summed E-state index contributed by atoms with van der Waals surface area (Å²) in [4.78, 5) is 17.1. The van der Waals surface area contributed by atoms with Crippen molar-refractivity contribution in [3.63, 3.8) is 0 Å². The molecule has 0 heterocycles. The van der Waals surface area contributed by atoms with Crippen molar-refractivity contribution in [3.8, 4) is 22.6 Å². The summed E-state index contributed by atoms with van der Waals surface area (Å²) in [6.45, 7) is 11.7. The molecule has 0 spiro atoms. The molecule has 0 aliphatic heterocycles. The van der Waals surface area contributed by atoms with E-state index in [1.165, 1.54) is 0 Å². The van der Waals surface area contributed by atoms with Gasteiger partial charge >= 0.3 is 5.97 Å². The van der Waals surface area contributed by atoms with E-state index in [1.54, 1.807) is 0 Å². The van der Waals surface area contributed by atoms with E-state index >= 15 is 0 Å². The lowest BCUT2D eigenvalue weighted by Gasteiger charge is -2.27. The van der Waals surface area contributed by atoms with Crippen LogP contribution in [0, 0.1) is 5.41 Å². The van der Waals surface area contributed by atoms with Gasteiger partial charge in [0.05, 0.1) is 5.41 Å². The molecule has 0 amide bonds. The highest BCUT2D eigenvalue weighted by Crippen LogP contribution is 2.39. The van der Waals surface area contributed by atoms with Crippen molar-refractivity contribution < 1.29 is 14.3 Å². The molecule has 50 heavy (non-hydrogen) atoms. The second kappa shape index (κ2) is 14.4. The number of ether oxygens (including phenoxy) is 2. The van der Waals surface area contributed by atoms with Gasteiger partial charge in [-0.15, -0.1) is 0 Å². The van der Waals surface area contributed by atoms with E-state index in [0.717, 1.165) is 51.0 Å². The summed E-state index contributed by atoms with van der Waals surface area (Å²) < 4.78 is 12.0. The van der Waals surface area contributed by atoms with Crippen molar-refractivity contribution in [3.05, 3.63) is 158 Å². The highest BCUT2D eigenvalue weighted by molar-refractivity contribution is 5.82. The first-order valence-electron chi connectivity index (χ1n) is 17.0. The van der Waals surface area contributed by atoms with Crippen LogP contribution in [0.3, 0.4) is 0 Å². The minimum absolute atomic E-state index is 0.272. The summed E-state index contributed by atoms with van der Waals surface area (Å²) in [5, 5.41) is 0. The average molecular weight is 661 g/mol. The molecule has 0 aliphatic rings. The average Bonchev–Trinajstić information content (AvgIpc) is 3.09. The Hall–Kier alpha value is -5.81. The molecule has 0 N–H and O–H groups in total. The zero-order valence-corrected chi connectivity index (χ0v) is 29.6. The van der Waals surface area contributed by atoms with Crippen LogP contribution in [0.5, 0.6) is 11.5 Å². The summed E-state index contributed by atoms with van der Waals surface area (Å²) in [7, 11) is 0. The highest BCUT2D eigenvalue weighted by Gasteiger charge is 2.24. The number of benzene rings is 6. The second-order valence-electron chi connectivity index (χ2n) is 14.3. The molecule has 5 nitrogen and oxygen atoms in total. The van der Waals surface area contributed by atoms with E-state index in [9.17, 15) is 4.79 Å². The molecular weight excluding hydrogens is 617 g/mol. The number of hydrogen-bond acceptors (Lipinski definition) is 5. The Morgan fingerprint density at radius 1 is 0.440 bits per heavy atom. The molecule has 0 saturated carbocycles. The van der Waals surface area contributed by atoms with Gasteiger partial charge < -0.3 is 19.3 Å². The molecule has 0 unspecified atom stereocenters. The summed E-state index contributed by atoms with van der Waals surface area (Å²) in [6, 6.07) is 53.7. The van der Waals surface area contributed by atoms with Crippen LogP contribution < -0.4 is 19.3 Å². The van der Waals surface area contributed by atoms with E-state index < -0.39 is 5.41 Å². The van der Waals surface area contributed by atoms with Crippen molar-refractivity contribution in [2.45, 2.75) is 47.1 Å². The maximum atomic E-state index is 12.6. The zero-order valence-electron chi connectivity index (χ0n) is 29.6. The van der Waals surface area contributed by atoms with Gasteiger partial charge in [-0.2, -0.15) is 0 Å². The molecule has 0 radical (unpaired) electrons. The van der Waals surface area contributed by atoms with Crippen LogP contribution in [0.1, 0.15) is 41.5 Å². The van der Waals surface area contributed by atoms with Crippen molar-refractivity contribution in [2.75, 3.05) is 9.80 Å². The standard InChI is InChI=1S/C45H44N2O3/c1-44(2,3)43(48)49-41-21-13-19-39(31-41)46(35-15-9-7-10-16-35)37-27-23-33(24-28-37)34-25-29-38(30-26-34)47(36-17-11-8-12-18-36)40-20-14-22-42(32-40)50-45(4,5)6/h7-32H,1-6H3. The molecule has 0 fully saturated rings. The molecule has 0 atom stereocenters. The third kappa shape index (κ3) is 8.24. The lowest BCUT2D eigenvalue weighted by molar-refractivity contribution is -0.142. The normalized spacial score (nSPS) is 11.5. The molecule has 252 valence electrons. The first kappa shape index (κ1) is 34.1. The Labute approximate surface area is 296 Å². The van der Waals surface area contributed by atoms with Crippen molar-refractivity contribution in [1.82, 2.24) is 0 Å². The molecule has 6 aromatic carbocycles. The first-order chi connectivity index (χ1) is 23.9. The molecule has 6 rings (SSSR count).